The first-order valence-corrected chi connectivity index (χ1v) is 16.6. The second-order valence-electron chi connectivity index (χ2n) is 11.3. The zero-order valence-corrected chi connectivity index (χ0v) is 26.9. The molecule has 0 N–H and O–H groups in total. The number of benzene rings is 3. The summed E-state index contributed by atoms with van der Waals surface area (Å²) in [6, 6.07) is 18.9. The van der Waals surface area contributed by atoms with Crippen LogP contribution in [0.5, 0.6) is 0 Å². The van der Waals surface area contributed by atoms with Crippen LogP contribution in [0.15, 0.2) is 82.2 Å². The van der Waals surface area contributed by atoms with Crippen molar-refractivity contribution in [1.29, 1.82) is 0 Å². The van der Waals surface area contributed by atoms with Gasteiger partial charge < -0.3 is 9.47 Å². The molecule has 3 aliphatic rings. The summed E-state index contributed by atoms with van der Waals surface area (Å²) in [6.07, 6.45) is -1.29. The molecule has 3 heterocycles. The summed E-state index contributed by atoms with van der Waals surface area (Å²) in [5, 5.41) is 11.8. The van der Waals surface area contributed by atoms with Gasteiger partial charge >= 0.3 is 0 Å². The van der Waals surface area contributed by atoms with Crippen LogP contribution < -0.4 is 0 Å². The molecular formula is C31H31BrN4O8S. The van der Waals surface area contributed by atoms with Crippen molar-refractivity contribution < 1.29 is 32.4 Å². The molecular weight excluding hydrogens is 668 g/mol. The molecule has 3 aromatic carbocycles. The number of carbonyl (C=O) groups is 2. The minimum atomic E-state index is -4.38. The molecule has 0 unspecified atom stereocenters. The number of halogens is 1. The predicted molar refractivity (Wildman–Crippen MR) is 166 cm³/mol. The van der Waals surface area contributed by atoms with Gasteiger partial charge in [-0.15, -0.1) is 0 Å². The second-order valence-corrected chi connectivity index (χ2v) is 14.1. The van der Waals surface area contributed by atoms with Crippen LogP contribution >= 0.6 is 15.9 Å². The number of hydrogen-bond donors (Lipinski definition) is 0. The Labute approximate surface area is 268 Å². The van der Waals surface area contributed by atoms with E-state index < -0.39 is 43.8 Å². The number of methoxy groups -OCH3 is 2. The van der Waals surface area contributed by atoms with Crippen molar-refractivity contribution >= 4 is 43.5 Å². The van der Waals surface area contributed by atoms with Gasteiger partial charge in [0.15, 0.2) is 4.90 Å². The van der Waals surface area contributed by atoms with Crippen LogP contribution in [-0.4, -0.2) is 104 Å². The Bertz CT molecular complexity index is 1720. The van der Waals surface area contributed by atoms with E-state index in [4.69, 9.17) is 9.47 Å². The number of ether oxygens (including phenoxy) is 2. The number of carbonyl (C=O) groups excluding carboxylic acids is 2. The molecule has 0 aliphatic carbocycles. The van der Waals surface area contributed by atoms with Crippen molar-refractivity contribution in [3.05, 3.63) is 104 Å². The summed E-state index contributed by atoms with van der Waals surface area (Å²) in [6.45, 7) is 0.322. The minimum absolute atomic E-state index is 0.00990. The monoisotopic (exact) mass is 698 g/mol. The number of fused-ring (bicyclic) bond motifs is 2. The Morgan fingerprint density at radius 1 is 0.867 bits per heavy atom. The van der Waals surface area contributed by atoms with E-state index in [1.54, 1.807) is 24.3 Å². The van der Waals surface area contributed by atoms with Crippen LogP contribution in [-0.2, 0) is 19.5 Å². The Morgan fingerprint density at radius 2 is 1.44 bits per heavy atom. The number of para-hydroxylation sites is 1. The Balaban J connectivity index is 1.41. The fraction of sp³-hybridized carbons (Fsp3) is 0.355. The molecule has 0 spiro atoms. The summed E-state index contributed by atoms with van der Waals surface area (Å²) in [5.41, 5.74) is 1.08. The number of rotatable bonds is 8. The molecule has 2 amide bonds. The minimum Gasteiger partial charge on any atom is -0.377 e. The molecule has 3 aliphatic heterocycles. The maximum atomic E-state index is 14.2. The summed E-state index contributed by atoms with van der Waals surface area (Å²) in [4.78, 5) is 40.8. The normalized spacial score (nSPS) is 25.7. The molecule has 2 fully saturated rings. The molecule has 236 valence electrons. The zero-order valence-electron chi connectivity index (χ0n) is 24.5. The first kappa shape index (κ1) is 31.5. The lowest BCUT2D eigenvalue weighted by atomic mass is 9.73. The number of sulfonamides is 1. The van der Waals surface area contributed by atoms with Crippen LogP contribution in [0.2, 0.25) is 0 Å². The summed E-state index contributed by atoms with van der Waals surface area (Å²) in [7, 11) is -1.40. The van der Waals surface area contributed by atoms with Gasteiger partial charge in [-0.3, -0.25) is 29.5 Å². The van der Waals surface area contributed by atoms with Crippen molar-refractivity contribution in [1.82, 2.24) is 14.1 Å². The van der Waals surface area contributed by atoms with Gasteiger partial charge in [0.2, 0.25) is 10.0 Å². The van der Waals surface area contributed by atoms with Gasteiger partial charge in [-0.1, -0.05) is 52.3 Å². The molecule has 14 heteroatoms. The van der Waals surface area contributed by atoms with E-state index in [0.717, 1.165) is 10.0 Å². The third kappa shape index (κ3) is 5.49. The molecule has 0 aromatic heterocycles. The van der Waals surface area contributed by atoms with Crippen LogP contribution in [0.3, 0.4) is 0 Å². The largest absolute Gasteiger partial charge is 0.377 e. The molecule has 0 bridgehead atoms. The van der Waals surface area contributed by atoms with Gasteiger partial charge in [-0.05, 0) is 35.9 Å². The van der Waals surface area contributed by atoms with E-state index in [0.29, 0.717) is 17.7 Å². The average Bonchev–Trinajstić information content (AvgIpc) is 3.27. The molecule has 5 atom stereocenters. The second kappa shape index (κ2) is 12.3. The van der Waals surface area contributed by atoms with Crippen molar-refractivity contribution in [2.24, 2.45) is 0 Å². The zero-order chi connectivity index (χ0) is 32.0. The van der Waals surface area contributed by atoms with E-state index in [-0.39, 0.29) is 43.4 Å². The van der Waals surface area contributed by atoms with Gasteiger partial charge in [-0.25, -0.2) is 8.42 Å². The van der Waals surface area contributed by atoms with Crippen molar-refractivity contribution in [2.45, 2.75) is 35.1 Å². The molecule has 45 heavy (non-hydrogen) atoms. The van der Waals surface area contributed by atoms with E-state index in [1.807, 2.05) is 24.3 Å². The lowest BCUT2D eigenvalue weighted by Gasteiger charge is -2.59. The Morgan fingerprint density at radius 3 is 2.04 bits per heavy atom. The van der Waals surface area contributed by atoms with E-state index in [2.05, 4.69) is 20.8 Å². The highest BCUT2D eigenvalue weighted by Gasteiger charge is 2.55. The topological polar surface area (TPSA) is 140 Å². The third-order valence-electron chi connectivity index (χ3n) is 9.05. The van der Waals surface area contributed by atoms with Crippen molar-refractivity contribution in [3.63, 3.8) is 0 Å². The highest BCUT2D eigenvalue weighted by Crippen LogP contribution is 2.45. The van der Waals surface area contributed by atoms with Crippen LogP contribution in [0.4, 0.5) is 5.69 Å². The van der Waals surface area contributed by atoms with Gasteiger partial charge in [0.25, 0.3) is 17.5 Å². The molecule has 2 saturated heterocycles. The van der Waals surface area contributed by atoms with Crippen LogP contribution in [0, 0.1) is 10.1 Å². The number of nitrogens with zero attached hydrogens (tertiary/aromatic N) is 4. The van der Waals surface area contributed by atoms with Gasteiger partial charge in [0.05, 0.1) is 28.3 Å². The molecule has 12 nitrogen and oxygen atoms in total. The Hall–Kier alpha value is -3.53. The quantitative estimate of drug-likeness (QED) is 0.196. The van der Waals surface area contributed by atoms with Gasteiger partial charge in [0, 0.05) is 68.9 Å². The highest BCUT2D eigenvalue weighted by atomic mass is 79.9. The maximum absolute atomic E-state index is 14.2. The smallest absolute Gasteiger partial charge is 0.289 e. The number of imide groups is 1. The summed E-state index contributed by atoms with van der Waals surface area (Å²) in [5.74, 6) is -1.04. The fourth-order valence-electron chi connectivity index (χ4n) is 6.78. The SMILES string of the molecule is CO[C@H]1CN2[C@H](CN3C(=O)c4ccccc4C3=O)[C@H](c3ccc(Br)cc3)[C@@H]2CN(S(=O)(=O)c2ccccc2[N+](=O)[O-])C[C@H]1OC. The highest BCUT2D eigenvalue weighted by molar-refractivity contribution is 9.10. The van der Waals surface area contributed by atoms with Crippen molar-refractivity contribution in [2.75, 3.05) is 40.4 Å². The lowest BCUT2D eigenvalue weighted by Crippen LogP contribution is -2.72. The first-order chi connectivity index (χ1) is 21.6. The standard InChI is InChI=1S/C31H31BrN4O8S/c1-43-26-17-33(45(41,42)28-10-6-5-9-23(28)36(39)40)15-24-29(19-11-13-20(32)14-12-19)25(34(24)18-27(26)44-2)16-35-30(37)21-7-3-4-8-22(21)31(35)38/h3-14,24-27,29H,15-18H2,1-2H3/t24-,25+,26+,27-,29+/m0/s1. The number of nitro groups is 1. The molecule has 3 aromatic rings. The number of amides is 2. The van der Waals surface area contributed by atoms with Gasteiger partial charge in [-0.2, -0.15) is 4.31 Å². The van der Waals surface area contributed by atoms with Crippen LogP contribution in [0.1, 0.15) is 32.2 Å². The molecule has 0 radical (unpaired) electrons. The number of nitro benzene ring substituents is 1. The average molecular weight is 700 g/mol. The summed E-state index contributed by atoms with van der Waals surface area (Å²) < 4.78 is 42.0. The van der Waals surface area contributed by atoms with E-state index >= 15 is 0 Å². The number of hydrogen-bond acceptors (Lipinski definition) is 9. The predicted octanol–water partition coefficient (Wildman–Crippen LogP) is 3.52. The first-order valence-electron chi connectivity index (χ1n) is 14.3. The Kier molecular flexibility index (Phi) is 8.63. The third-order valence-corrected chi connectivity index (χ3v) is 11.5. The van der Waals surface area contributed by atoms with Gasteiger partial charge in [0.1, 0.15) is 0 Å². The maximum Gasteiger partial charge on any atom is 0.289 e. The van der Waals surface area contributed by atoms with E-state index in [9.17, 15) is 28.1 Å². The van der Waals surface area contributed by atoms with Crippen molar-refractivity contribution in [3.8, 4) is 0 Å². The molecule has 6 rings (SSSR count). The van der Waals surface area contributed by atoms with Crippen LogP contribution in [0.25, 0.3) is 0 Å². The van der Waals surface area contributed by atoms with E-state index in [1.165, 1.54) is 47.7 Å². The molecule has 0 saturated carbocycles. The summed E-state index contributed by atoms with van der Waals surface area (Å²) >= 11 is 3.48. The fourth-order valence-corrected chi connectivity index (χ4v) is 8.68. The lowest BCUT2D eigenvalue weighted by molar-refractivity contribution is -0.387.